The van der Waals surface area contributed by atoms with Crippen molar-refractivity contribution in [1.82, 2.24) is 4.90 Å². The summed E-state index contributed by atoms with van der Waals surface area (Å²) in [6.45, 7) is 1.63. The minimum absolute atomic E-state index is 0.428. The van der Waals surface area contributed by atoms with E-state index in [0.717, 1.165) is 29.4 Å². The van der Waals surface area contributed by atoms with E-state index in [1.165, 1.54) is 11.1 Å². The first-order valence-electron chi connectivity index (χ1n) is 8.12. The van der Waals surface area contributed by atoms with Crippen LogP contribution in [0, 0.1) is 0 Å². The van der Waals surface area contributed by atoms with E-state index in [2.05, 4.69) is 53.1 Å². The zero-order chi connectivity index (χ0) is 16.4. The highest BCUT2D eigenvalue weighted by Gasteiger charge is 2.42. The molecule has 0 radical (unpaired) electrons. The Labute approximate surface area is 146 Å². The molecule has 0 aromatic heterocycles. The average Bonchev–Trinajstić information content (AvgIpc) is 2.87. The number of rotatable bonds is 5. The van der Waals surface area contributed by atoms with Gasteiger partial charge in [-0.3, -0.25) is 0 Å². The first kappa shape index (κ1) is 16.9. The number of hydrogen-bond donors (Lipinski definition) is 0. The van der Waals surface area contributed by atoms with E-state index in [0.29, 0.717) is 13.0 Å². The molecule has 2 unspecified atom stereocenters. The van der Waals surface area contributed by atoms with Crippen LogP contribution >= 0.6 is 15.9 Å². The molecule has 1 aliphatic heterocycles. The predicted octanol–water partition coefficient (Wildman–Crippen LogP) is 4.74. The molecule has 0 amide bonds. The van der Waals surface area contributed by atoms with Gasteiger partial charge < -0.3 is 9.64 Å². The Bertz CT molecular complexity index is 640. The monoisotopic (exact) mass is 379 g/mol. The van der Waals surface area contributed by atoms with E-state index < -0.39 is 11.8 Å². The molecule has 23 heavy (non-hydrogen) atoms. The number of hydrogen-bond acceptors (Lipinski definition) is 2. The van der Waals surface area contributed by atoms with E-state index in [4.69, 9.17) is 4.74 Å². The Kier molecular flexibility index (Phi) is 5.04. The average molecular weight is 380 g/mol. The summed E-state index contributed by atoms with van der Waals surface area (Å²) < 4.78 is 20.9. The Morgan fingerprint density at radius 2 is 2.22 bits per heavy atom. The summed E-state index contributed by atoms with van der Waals surface area (Å²) in [7, 11) is 4.17. The summed E-state index contributed by atoms with van der Waals surface area (Å²) in [6.07, 6.45) is 7.10. The summed E-state index contributed by atoms with van der Waals surface area (Å²) in [5.41, 5.74) is 3.13. The van der Waals surface area contributed by atoms with Crippen LogP contribution in [0.5, 0.6) is 0 Å². The minimum Gasteiger partial charge on any atom is -0.361 e. The smallest absolute Gasteiger partial charge is 0.122 e. The first-order chi connectivity index (χ1) is 11.0. The van der Waals surface area contributed by atoms with Crippen LogP contribution in [0.15, 0.2) is 46.5 Å². The molecule has 2 atom stereocenters. The Morgan fingerprint density at radius 3 is 2.91 bits per heavy atom. The zero-order valence-electron chi connectivity index (χ0n) is 13.7. The fraction of sp³-hybridized carbons (Fsp3) is 0.474. The highest BCUT2D eigenvalue weighted by Crippen LogP contribution is 2.47. The van der Waals surface area contributed by atoms with Crippen molar-refractivity contribution in [3.8, 4) is 0 Å². The van der Waals surface area contributed by atoms with Gasteiger partial charge in [0, 0.05) is 10.9 Å². The largest absolute Gasteiger partial charge is 0.361 e. The van der Waals surface area contributed by atoms with Gasteiger partial charge in [0.2, 0.25) is 0 Å². The second-order valence-electron chi connectivity index (χ2n) is 6.59. The third-order valence-corrected chi connectivity index (χ3v) is 5.12. The summed E-state index contributed by atoms with van der Waals surface area (Å²) in [5, 5.41) is 0. The van der Waals surface area contributed by atoms with Crippen molar-refractivity contribution in [2.75, 3.05) is 20.6 Å². The number of benzene rings is 1. The number of halogens is 2. The quantitative estimate of drug-likeness (QED) is 0.732. The summed E-state index contributed by atoms with van der Waals surface area (Å²) in [5.74, 6) is 0. The van der Waals surface area contributed by atoms with E-state index in [9.17, 15) is 4.39 Å². The molecule has 1 heterocycles. The molecule has 0 bridgehead atoms. The molecule has 0 N–H and O–H groups in total. The van der Waals surface area contributed by atoms with Gasteiger partial charge in [-0.2, -0.15) is 0 Å². The van der Waals surface area contributed by atoms with Gasteiger partial charge in [-0.25, -0.2) is 4.39 Å². The number of nitrogens with zero attached hydrogens (tertiary/aromatic N) is 1. The van der Waals surface area contributed by atoms with Crippen molar-refractivity contribution in [3.05, 3.63) is 57.6 Å². The second kappa shape index (κ2) is 6.88. The third-order valence-electron chi connectivity index (χ3n) is 4.62. The fourth-order valence-corrected chi connectivity index (χ4v) is 3.89. The van der Waals surface area contributed by atoms with Crippen LogP contribution in [-0.4, -0.2) is 31.7 Å². The van der Waals surface area contributed by atoms with Crippen LogP contribution in [0.2, 0.25) is 0 Å². The van der Waals surface area contributed by atoms with Crippen molar-refractivity contribution in [3.63, 3.8) is 0 Å². The van der Waals surface area contributed by atoms with E-state index >= 15 is 0 Å². The molecule has 124 valence electrons. The highest BCUT2D eigenvalue weighted by atomic mass is 79.9. The van der Waals surface area contributed by atoms with Crippen LogP contribution in [0.3, 0.4) is 0 Å². The number of fused-ring (bicyclic) bond motifs is 1. The van der Waals surface area contributed by atoms with E-state index in [1.807, 2.05) is 12.2 Å². The lowest BCUT2D eigenvalue weighted by Gasteiger charge is -2.33. The maximum Gasteiger partial charge on any atom is 0.122 e. The van der Waals surface area contributed by atoms with Crippen molar-refractivity contribution in [2.24, 2.45) is 0 Å². The number of allylic oxidation sites excluding steroid dienone is 2. The van der Waals surface area contributed by atoms with Gasteiger partial charge in [-0.15, -0.1) is 0 Å². The zero-order valence-corrected chi connectivity index (χ0v) is 15.3. The van der Waals surface area contributed by atoms with Gasteiger partial charge >= 0.3 is 0 Å². The fourth-order valence-electron chi connectivity index (χ4n) is 3.48. The van der Waals surface area contributed by atoms with E-state index in [1.54, 1.807) is 6.08 Å². The first-order valence-corrected chi connectivity index (χ1v) is 8.91. The molecule has 4 heteroatoms. The second-order valence-corrected chi connectivity index (χ2v) is 7.51. The standard InChI is InChI=1S/C19H23BrFNO/c1-22(2)11-3-10-19(15-4-7-17(21)8-5-15)18-9-6-16(20)12-14(18)13-23-19/h4-7,9,12,17H,3,8,10-11,13H2,1-2H3. The van der Waals surface area contributed by atoms with Gasteiger partial charge in [-0.1, -0.05) is 40.2 Å². The van der Waals surface area contributed by atoms with E-state index in [-0.39, 0.29) is 0 Å². The summed E-state index contributed by atoms with van der Waals surface area (Å²) >= 11 is 3.54. The molecular weight excluding hydrogens is 357 g/mol. The lowest BCUT2D eigenvalue weighted by atomic mass is 9.79. The van der Waals surface area contributed by atoms with Crippen molar-refractivity contribution in [1.29, 1.82) is 0 Å². The molecular formula is C19H23BrFNO. The maximum atomic E-state index is 13.5. The van der Waals surface area contributed by atoms with Crippen LogP contribution in [-0.2, 0) is 16.9 Å². The summed E-state index contributed by atoms with van der Waals surface area (Å²) in [4.78, 5) is 2.19. The Morgan fingerprint density at radius 1 is 1.39 bits per heavy atom. The third kappa shape index (κ3) is 3.44. The lowest BCUT2D eigenvalue weighted by molar-refractivity contribution is -0.0151. The SMILES string of the molecule is CN(C)CCCC1(C2=CCC(F)C=C2)OCc2cc(Br)ccc21. The highest BCUT2D eigenvalue weighted by molar-refractivity contribution is 9.10. The maximum absolute atomic E-state index is 13.5. The lowest BCUT2D eigenvalue weighted by Crippen LogP contribution is -2.30. The van der Waals surface area contributed by atoms with Gasteiger partial charge in [-0.05, 0) is 62.3 Å². The molecule has 2 aliphatic rings. The molecule has 0 fully saturated rings. The van der Waals surface area contributed by atoms with Gasteiger partial charge in [0.1, 0.15) is 11.8 Å². The van der Waals surface area contributed by atoms with Crippen LogP contribution in [0.25, 0.3) is 0 Å². The predicted molar refractivity (Wildman–Crippen MR) is 95.1 cm³/mol. The molecule has 3 rings (SSSR count). The normalized spacial score (nSPS) is 26.5. The van der Waals surface area contributed by atoms with Crippen LogP contribution in [0.4, 0.5) is 4.39 Å². The Hall–Kier alpha value is -0.970. The topological polar surface area (TPSA) is 12.5 Å². The minimum atomic E-state index is -0.872. The van der Waals surface area contributed by atoms with Gasteiger partial charge in [0.15, 0.2) is 0 Å². The van der Waals surface area contributed by atoms with Crippen molar-refractivity contribution >= 4 is 15.9 Å². The van der Waals surface area contributed by atoms with Crippen LogP contribution < -0.4 is 0 Å². The van der Waals surface area contributed by atoms with Gasteiger partial charge in [0.05, 0.1) is 6.61 Å². The molecule has 1 aliphatic carbocycles. The molecule has 1 aromatic carbocycles. The number of alkyl halides is 1. The molecule has 1 aromatic rings. The Balaban J connectivity index is 1.95. The molecule has 0 spiro atoms. The van der Waals surface area contributed by atoms with Crippen LogP contribution in [0.1, 0.15) is 30.4 Å². The molecule has 2 nitrogen and oxygen atoms in total. The summed E-state index contributed by atoms with van der Waals surface area (Å²) in [6, 6.07) is 6.35. The molecule has 0 saturated heterocycles. The van der Waals surface area contributed by atoms with Crippen molar-refractivity contribution in [2.45, 2.75) is 37.6 Å². The number of ether oxygens (including phenoxy) is 1. The van der Waals surface area contributed by atoms with Crippen molar-refractivity contribution < 1.29 is 9.13 Å². The van der Waals surface area contributed by atoms with Gasteiger partial charge in [0.25, 0.3) is 0 Å². The molecule has 0 saturated carbocycles.